The summed E-state index contributed by atoms with van der Waals surface area (Å²) < 4.78 is 30.1. The van der Waals surface area contributed by atoms with Crippen LogP contribution in [-0.4, -0.2) is 74.1 Å². The Balaban J connectivity index is 4.31. The number of phosphoric ester groups is 1. The fourth-order valence-corrected chi connectivity index (χ4v) is 4.43. The van der Waals surface area contributed by atoms with Crippen molar-refractivity contribution in [1.29, 1.82) is 0 Å². The van der Waals surface area contributed by atoms with Gasteiger partial charge in [-0.05, 0) is 6.92 Å². The predicted octanol–water partition coefficient (Wildman–Crippen LogP) is -0.539. The standard InChI is InChI=1S/C15H28N2O12P2S/c1-10(18)8-12(20)32-7-6-16-11(19)4-5-17-14(22)13(21)15(2,3)9-28-31(26,27)29-30(23,24)25/h13,21H,4-9H2,1-3H3,(H,16,19)(H,17,22)(H,26,27)(H2,23,24,25). The van der Waals surface area contributed by atoms with Gasteiger partial charge in [0.15, 0.2) is 5.12 Å². The molecule has 0 aliphatic heterocycles. The molecule has 0 rings (SSSR count). The second kappa shape index (κ2) is 13.5. The summed E-state index contributed by atoms with van der Waals surface area (Å²) in [6.07, 6.45) is -2.08. The van der Waals surface area contributed by atoms with Crippen molar-refractivity contribution in [2.24, 2.45) is 5.41 Å². The van der Waals surface area contributed by atoms with E-state index in [1.54, 1.807) is 0 Å². The molecule has 14 nitrogen and oxygen atoms in total. The molecule has 17 heteroatoms. The van der Waals surface area contributed by atoms with Crippen LogP contribution in [0.25, 0.3) is 0 Å². The lowest BCUT2D eigenvalue weighted by Crippen LogP contribution is -2.46. The number of Topliss-reactive ketones (excluding diaryl/α,β-unsaturated/α-hetero) is 1. The summed E-state index contributed by atoms with van der Waals surface area (Å²) in [7, 11) is -10.4. The summed E-state index contributed by atoms with van der Waals surface area (Å²) in [6.45, 7) is 3.13. The lowest BCUT2D eigenvalue weighted by Gasteiger charge is -2.29. The van der Waals surface area contributed by atoms with E-state index in [-0.39, 0.29) is 42.6 Å². The lowest BCUT2D eigenvalue weighted by molar-refractivity contribution is -0.137. The number of carbonyl (C=O) groups is 4. The van der Waals surface area contributed by atoms with Crippen LogP contribution in [0.15, 0.2) is 0 Å². The van der Waals surface area contributed by atoms with E-state index in [2.05, 4.69) is 19.5 Å². The molecule has 0 aliphatic carbocycles. The van der Waals surface area contributed by atoms with E-state index in [1.165, 1.54) is 20.8 Å². The second-order valence-electron chi connectivity index (χ2n) is 7.20. The molecule has 0 fully saturated rings. The maximum absolute atomic E-state index is 12.0. The minimum Gasteiger partial charge on any atom is -0.383 e. The van der Waals surface area contributed by atoms with Crippen molar-refractivity contribution < 1.29 is 56.9 Å². The molecule has 0 saturated heterocycles. The smallest absolute Gasteiger partial charge is 0.383 e. The largest absolute Gasteiger partial charge is 0.481 e. The second-order valence-corrected chi connectivity index (χ2v) is 11.2. The molecular weight excluding hydrogens is 494 g/mol. The number of aliphatic hydroxyl groups is 1. The highest BCUT2D eigenvalue weighted by Gasteiger charge is 2.39. The van der Waals surface area contributed by atoms with Gasteiger partial charge in [-0.15, -0.1) is 0 Å². The average molecular weight is 522 g/mol. The number of carbonyl (C=O) groups excluding carboxylic acids is 4. The highest BCUT2D eigenvalue weighted by atomic mass is 32.2. The molecule has 0 bridgehead atoms. The van der Waals surface area contributed by atoms with Crippen LogP contribution in [-0.2, 0) is 37.1 Å². The third-order valence-corrected chi connectivity index (χ3v) is 6.54. The maximum Gasteiger partial charge on any atom is 0.481 e. The molecule has 0 aromatic carbocycles. The van der Waals surface area contributed by atoms with Gasteiger partial charge < -0.3 is 30.4 Å². The molecule has 0 heterocycles. The van der Waals surface area contributed by atoms with Crippen LogP contribution >= 0.6 is 27.4 Å². The van der Waals surface area contributed by atoms with Gasteiger partial charge in [-0.3, -0.25) is 23.7 Å². The molecule has 0 aromatic heterocycles. The van der Waals surface area contributed by atoms with E-state index in [0.29, 0.717) is 0 Å². The van der Waals surface area contributed by atoms with Gasteiger partial charge in [0.1, 0.15) is 11.9 Å². The third kappa shape index (κ3) is 14.8. The number of rotatable bonds is 15. The fraction of sp³-hybridized carbons (Fsp3) is 0.733. The minimum absolute atomic E-state index is 0.136. The minimum atomic E-state index is -5.31. The van der Waals surface area contributed by atoms with Crippen molar-refractivity contribution in [3.63, 3.8) is 0 Å². The van der Waals surface area contributed by atoms with Gasteiger partial charge >= 0.3 is 15.6 Å². The van der Waals surface area contributed by atoms with Crippen LogP contribution in [0, 0.1) is 5.41 Å². The Labute approximate surface area is 188 Å². The Bertz CT molecular complexity index is 784. The van der Waals surface area contributed by atoms with Gasteiger partial charge in [0.05, 0.1) is 13.0 Å². The fourth-order valence-electron chi connectivity index (χ4n) is 1.93. The monoisotopic (exact) mass is 522 g/mol. The van der Waals surface area contributed by atoms with Crippen molar-refractivity contribution in [2.45, 2.75) is 39.7 Å². The van der Waals surface area contributed by atoms with Gasteiger partial charge in [0.2, 0.25) is 11.8 Å². The zero-order chi connectivity index (χ0) is 25.2. The van der Waals surface area contributed by atoms with E-state index >= 15 is 0 Å². The molecule has 0 saturated carbocycles. The van der Waals surface area contributed by atoms with Crippen LogP contribution < -0.4 is 10.6 Å². The van der Waals surface area contributed by atoms with Gasteiger partial charge in [0.25, 0.3) is 0 Å². The summed E-state index contributed by atoms with van der Waals surface area (Å²) in [5.74, 6) is -1.32. The Morgan fingerprint density at radius 2 is 1.66 bits per heavy atom. The molecule has 0 aromatic rings. The zero-order valence-corrected chi connectivity index (χ0v) is 20.3. The van der Waals surface area contributed by atoms with Crippen LogP contribution in [0.3, 0.4) is 0 Å². The number of ketones is 1. The molecule has 186 valence electrons. The quantitative estimate of drug-likeness (QED) is 0.0903. The molecule has 0 radical (unpaired) electrons. The van der Waals surface area contributed by atoms with E-state index in [1.807, 2.05) is 0 Å². The van der Waals surface area contributed by atoms with Crippen LogP contribution in [0.1, 0.15) is 33.6 Å². The van der Waals surface area contributed by atoms with Crippen molar-refractivity contribution in [1.82, 2.24) is 10.6 Å². The van der Waals surface area contributed by atoms with Crippen molar-refractivity contribution in [3.05, 3.63) is 0 Å². The molecule has 2 amide bonds. The Kier molecular flexibility index (Phi) is 13.0. The predicted molar refractivity (Wildman–Crippen MR) is 112 cm³/mol. The topological polar surface area (TPSA) is 226 Å². The molecule has 6 N–H and O–H groups in total. The van der Waals surface area contributed by atoms with E-state index in [4.69, 9.17) is 9.79 Å². The average Bonchev–Trinajstić information content (AvgIpc) is 2.60. The third-order valence-electron chi connectivity index (χ3n) is 3.53. The number of amides is 2. The van der Waals surface area contributed by atoms with E-state index in [0.717, 1.165) is 11.8 Å². The first-order valence-electron chi connectivity index (χ1n) is 9.07. The van der Waals surface area contributed by atoms with Crippen molar-refractivity contribution >= 4 is 50.1 Å². The molecule has 0 aliphatic rings. The molecule has 0 spiro atoms. The van der Waals surface area contributed by atoms with E-state index < -0.39 is 45.6 Å². The first kappa shape index (κ1) is 30.9. The first-order valence-corrected chi connectivity index (χ1v) is 13.1. The van der Waals surface area contributed by atoms with Gasteiger partial charge in [-0.2, -0.15) is 4.31 Å². The number of nitrogens with one attached hydrogen (secondary N) is 2. The van der Waals surface area contributed by atoms with Crippen molar-refractivity contribution in [3.8, 4) is 0 Å². The summed E-state index contributed by atoms with van der Waals surface area (Å²) in [6, 6.07) is 0. The van der Waals surface area contributed by atoms with Crippen LogP contribution in [0.5, 0.6) is 0 Å². The summed E-state index contributed by atoms with van der Waals surface area (Å²) in [4.78, 5) is 72.2. The Morgan fingerprint density at radius 1 is 1.06 bits per heavy atom. The Hall–Kier alpha value is -1.15. The summed E-state index contributed by atoms with van der Waals surface area (Å²) in [5, 5.41) is 14.6. The van der Waals surface area contributed by atoms with E-state index in [9.17, 15) is 38.3 Å². The molecule has 32 heavy (non-hydrogen) atoms. The number of hydrogen-bond donors (Lipinski definition) is 6. The SMILES string of the molecule is CC(=O)CC(=O)SCCNC(=O)CCNC(=O)C(O)C(C)(C)COP(=O)(O)OP(=O)(O)O. The number of thioether (sulfide) groups is 1. The van der Waals surface area contributed by atoms with Crippen LogP contribution in [0.2, 0.25) is 0 Å². The lowest BCUT2D eigenvalue weighted by atomic mass is 9.87. The molecule has 2 atom stereocenters. The van der Waals surface area contributed by atoms with Gasteiger partial charge in [-0.25, -0.2) is 9.13 Å². The summed E-state index contributed by atoms with van der Waals surface area (Å²) >= 11 is 0.912. The molecular formula is C15H28N2O12P2S. The Morgan fingerprint density at radius 3 is 2.19 bits per heavy atom. The number of hydrogen-bond acceptors (Lipinski definition) is 10. The molecule has 2 unspecified atom stereocenters. The first-order chi connectivity index (χ1) is 14.4. The highest BCUT2D eigenvalue weighted by Crippen LogP contribution is 2.58. The maximum atomic E-state index is 12.0. The number of phosphoric acid groups is 2. The van der Waals surface area contributed by atoms with Crippen LogP contribution in [0.4, 0.5) is 0 Å². The van der Waals surface area contributed by atoms with Gasteiger partial charge in [0, 0.05) is 30.7 Å². The summed E-state index contributed by atoms with van der Waals surface area (Å²) in [5.41, 5.74) is -1.47. The number of aliphatic hydroxyl groups excluding tert-OH is 1. The zero-order valence-electron chi connectivity index (χ0n) is 17.7. The van der Waals surface area contributed by atoms with Gasteiger partial charge in [-0.1, -0.05) is 25.6 Å². The normalized spacial score (nSPS) is 14.8. The van der Waals surface area contributed by atoms with Crippen molar-refractivity contribution in [2.75, 3.05) is 25.4 Å². The highest BCUT2D eigenvalue weighted by molar-refractivity contribution is 8.13.